The summed E-state index contributed by atoms with van der Waals surface area (Å²) in [6.07, 6.45) is 3.61. The average Bonchev–Trinajstić information content (AvgIpc) is 2.32. The van der Waals surface area contributed by atoms with Crippen LogP contribution in [0.2, 0.25) is 0 Å². The first-order valence-electron chi connectivity index (χ1n) is 6.73. The lowest BCUT2D eigenvalue weighted by molar-refractivity contribution is 0.439. The molecule has 0 heterocycles. The Labute approximate surface area is 128 Å². The van der Waals surface area contributed by atoms with E-state index in [-0.39, 0.29) is 0 Å². The van der Waals surface area contributed by atoms with Gasteiger partial charge in [0, 0.05) is 15.0 Å². The first-order valence-corrected chi connectivity index (χ1v) is 8.31. The third kappa shape index (κ3) is 5.41. The van der Waals surface area contributed by atoms with Gasteiger partial charge in [-0.15, -0.1) is 0 Å². The van der Waals surface area contributed by atoms with Crippen LogP contribution in [0.5, 0.6) is 0 Å². The predicted molar refractivity (Wildman–Crippen MR) is 86.9 cm³/mol. The number of nitrogens with one attached hydrogen (secondary N) is 1. The molecule has 0 aliphatic rings. The van der Waals surface area contributed by atoms with Crippen LogP contribution in [-0.4, -0.2) is 6.54 Å². The zero-order valence-electron chi connectivity index (χ0n) is 11.5. The lowest BCUT2D eigenvalue weighted by atomic mass is 9.97. The summed E-state index contributed by atoms with van der Waals surface area (Å²) in [4.78, 5) is 0. The third-order valence-corrected chi connectivity index (χ3v) is 4.22. The van der Waals surface area contributed by atoms with Crippen molar-refractivity contribution in [3.05, 3.63) is 32.7 Å². The van der Waals surface area contributed by atoms with Crippen molar-refractivity contribution in [3.63, 3.8) is 0 Å². The van der Waals surface area contributed by atoms with E-state index in [1.165, 1.54) is 29.3 Å². The van der Waals surface area contributed by atoms with Crippen LogP contribution in [0.4, 0.5) is 0 Å². The smallest absolute Gasteiger partial charge is 0.0331 e. The molecule has 1 atom stereocenters. The first kappa shape index (κ1) is 16.2. The molecule has 0 amide bonds. The van der Waals surface area contributed by atoms with E-state index in [2.05, 4.69) is 76.1 Å². The number of benzene rings is 1. The highest BCUT2D eigenvalue weighted by Gasteiger charge is 2.14. The molecule has 0 fully saturated rings. The molecule has 1 N–H and O–H groups in total. The quantitative estimate of drug-likeness (QED) is 0.644. The van der Waals surface area contributed by atoms with Crippen molar-refractivity contribution in [1.29, 1.82) is 0 Å². The van der Waals surface area contributed by atoms with Crippen molar-refractivity contribution in [1.82, 2.24) is 5.32 Å². The highest BCUT2D eigenvalue weighted by Crippen LogP contribution is 2.30. The molecule has 102 valence electrons. The summed E-state index contributed by atoms with van der Waals surface area (Å²) in [5, 5.41) is 3.66. The second-order valence-electron chi connectivity index (χ2n) is 5.14. The van der Waals surface area contributed by atoms with Crippen LogP contribution in [-0.2, 0) is 0 Å². The van der Waals surface area contributed by atoms with Crippen LogP contribution in [0, 0.1) is 5.92 Å². The maximum absolute atomic E-state index is 3.67. The van der Waals surface area contributed by atoms with E-state index >= 15 is 0 Å². The van der Waals surface area contributed by atoms with Crippen LogP contribution < -0.4 is 5.32 Å². The fraction of sp³-hybridized carbons (Fsp3) is 0.600. The van der Waals surface area contributed by atoms with Crippen molar-refractivity contribution in [2.75, 3.05) is 6.54 Å². The zero-order chi connectivity index (χ0) is 13.5. The molecule has 0 bridgehead atoms. The van der Waals surface area contributed by atoms with Gasteiger partial charge < -0.3 is 5.32 Å². The number of halogens is 2. The van der Waals surface area contributed by atoms with Crippen LogP contribution in [0.25, 0.3) is 0 Å². The van der Waals surface area contributed by atoms with Crippen molar-refractivity contribution in [2.24, 2.45) is 5.92 Å². The number of hydrogen-bond donors (Lipinski definition) is 1. The molecule has 0 aliphatic carbocycles. The standard InChI is InChI=1S/C15H23Br2N/c1-4-9-18-15(8-5-11(2)3)13-10-12(16)6-7-14(13)17/h6-7,10-11,15,18H,4-5,8-9H2,1-3H3. The van der Waals surface area contributed by atoms with Crippen molar-refractivity contribution < 1.29 is 0 Å². The molecule has 0 aliphatic heterocycles. The van der Waals surface area contributed by atoms with E-state index in [1.807, 2.05) is 0 Å². The summed E-state index contributed by atoms with van der Waals surface area (Å²) in [7, 11) is 0. The van der Waals surface area contributed by atoms with E-state index < -0.39 is 0 Å². The Balaban J connectivity index is 2.82. The molecule has 1 rings (SSSR count). The molecule has 1 aromatic rings. The maximum atomic E-state index is 3.67. The molecule has 0 saturated heterocycles. The Hall–Kier alpha value is 0.140. The Morgan fingerprint density at radius 3 is 2.50 bits per heavy atom. The molecule has 18 heavy (non-hydrogen) atoms. The van der Waals surface area contributed by atoms with Gasteiger partial charge in [0.2, 0.25) is 0 Å². The van der Waals surface area contributed by atoms with Gasteiger partial charge in [0.05, 0.1) is 0 Å². The second kappa shape index (κ2) is 8.34. The summed E-state index contributed by atoms with van der Waals surface area (Å²) in [5.41, 5.74) is 1.36. The topological polar surface area (TPSA) is 12.0 Å². The van der Waals surface area contributed by atoms with Gasteiger partial charge in [-0.25, -0.2) is 0 Å². The van der Waals surface area contributed by atoms with E-state index in [4.69, 9.17) is 0 Å². The lowest BCUT2D eigenvalue weighted by Gasteiger charge is -2.21. The fourth-order valence-electron chi connectivity index (χ4n) is 1.97. The minimum absolute atomic E-state index is 0.444. The van der Waals surface area contributed by atoms with Gasteiger partial charge in [-0.2, -0.15) is 0 Å². The van der Waals surface area contributed by atoms with Gasteiger partial charge >= 0.3 is 0 Å². The maximum Gasteiger partial charge on any atom is 0.0331 e. The molecule has 3 heteroatoms. The Morgan fingerprint density at radius 2 is 1.89 bits per heavy atom. The molecule has 1 aromatic carbocycles. The molecule has 0 spiro atoms. The molecule has 0 aromatic heterocycles. The van der Waals surface area contributed by atoms with Gasteiger partial charge in [0.25, 0.3) is 0 Å². The summed E-state index contributed by atoms with van der Waals surface area (Å²) >= 11 is 7.23. The molecule has 0 saturated carbocycles. The van der Waals surface area contributed by atoms with Gasteiger partial charge in [-0.3, -0.25) is 0 Å². The summed E-state index contributed by atoms with van der Waals surface area (Å²) in [6.45, 7) is 7.85. The van der Waals surface area contributed by atoms with Crippen LogP contribution in [0.3, 0.4) is 0 Å². The van der Waals surface area contributed by atoms with E-state index in [0.29, 0.717) is 6.04 Å². The summed E-state index contributed by atoms with van der Waals surface area (Å²) in [5.74, 6) is 0.752. The Bertz CT molecular complexity index is 364. The van der Waals surface area contributed by atoms with Crippen molar-refractivity contribution in [3.8, 4) is 0 Å². The lowest BCUT2D eigenvalue weighted by Crippen LogP contribution is -2.23. The average molecular weight is 377 g/mol. The van der Waals surface area contributed by atoms with Crippen molar-refractivity contribution in [2.45, 2.75) is 46.1 Å². The third-order valence-electron chi connectivity index (χ3n) is 3.01. The SMILES string of the molecule is CCCNC(CCC(C)C)c1cc(Br)ccc1Br. The second-order valence-corrected chi connectivity index (χ2v) is 6.91. The molecular formula is C15H23Br2N. The van der Waals surface area contributed by atoms with Gasteiger partial charge in [0.15, 0.2) is 0 Å². The molecule has 0 radical (unpaired) electrons. The molecule has 1 nitrogen and oxygen atoms in total. The van der Waals surface area contributed by atoms with Gasteiger partial charge in [-0.1, -0.05) is 52.6 Å². The van der Waals surface area contributed by atoms with E-state index in [9.17, 15) is 0 Å². The summed E-state index contributed by atoms with van der Waals surface area (Å²) < 4.78 is 2.34. The predicted octanol–water partition coefficient (Wildman–Crippen LogP) is 5.69. The number of rotatable bonds is 7. The van der Waals surface area contributed by atoms with Crippen LogP contribution >= 0.6 is 31.9 Å². The molecular weight excluding hydrogens is 354 g/mol. The van der Waals surface area contributed by atoms with E-state index in [0.717, 1.165) is 16.9 Å². The van der Waals surface area contributed by atoms with Gasteiger partial charge in [-0.05, 0) is 55.5 Å². The van der Waals surface area contributed by atoms with Gasteiger partial charge in [0.1, 0.15) is 0 Å². The minimum Gasteiger partial charge on any atom is -0.310 e. The fourth-order valence-corrected chi connectivity index (χ4v) is 2.87. The highest BCUT2D eigenvalue weighted by atomic mass is 79.9. The first-order chi connectivity index (χ1) is 8.54. The molecule has 1 unspecified atom stereocenters. The normalized spacial score (nSPS) is 13.0. The van der Waals surface area contributed by atoms with E-state index in [1.54, 1.807) is 0 Å². The zero-order valence-corrected chi connectivity index (χ0v) is 14.6. The summed E-state index contributed by atoms with van der Waals surface area (Å²) in [6, 6.07) is 6.86. The number of hydrogen-bond acceptors (Lipinski definition) is 1. The largest absolute Gasteiger partial charge is 0.310 e. The van der Waals surface area contributed by atoms with Crippen molar-refractivity contribution >= 4 is 31.9 Å². The monoisotopic (exact) mass is 375 g/mol. The minimum atomic E-state index is 0.444. The van der Waals surface area contributed by atoms with Crippen LogP contribution in [0.1, 0.15) is 51.6 Å². The van der Waals surface area contributed by atoms with Crippen LogP contribution in [0.15, 0.2) is 27.1 Å². The Morgan fingerprint density at radius 1 is 1.17 bits per heavy atom. The Kier molecular flexibility index (Phi) is 7.50. The highest BCUT2D eigenvalue weighted by molar-refractivity contribution is 9.11.